The molecule has 0 bridgehead atoms. The first-order valence-electron chi connectivity index (χ1n) is 9.01. The number of anilines is 2. The summed E-state index contributed by atoms with van der Waals surface area (Å²) in [7, 11) is 0.139. The summed E-state index contributed by atoms with van der Waals surface area (Å²) in [6.45, 7) is 3.46. The van der Waals surface area contributed by atoms with Crippen LogP contribution >= 0.6 is 0 Å². The van der Waals surface area contributed by atoms with Crippen molar-refractivity contribution in [3.8, 4) is 11.5 Å². The topological polar surface area (TPSA) is 106 Å². The van der Waals surface area contributed by atoms with Crippen molar-refractivity contribution in [3.05, 3.63) is 30.1 Å². The Morgan fingerprint density at radius 3 is 2.57 bits per heavy atom. The van der Waals surface area contributed by atoms with Crippen molar-refractivity contribution in [1.29, 1.82) is 0 Å². The molecule has 0 fully saturated rings. The van der Waals surface area contributed by atoms with Gasteiger partial charge in [0.15, 0.2) is 11.5 Å². The third-order valence-electron chi connectivity index (χ3n) is 4.04. The number of fused-ring (bicyclic) bond motifs is 1. The summed E-state index contributed by atoms with van der Waals surface area (Å²) in [5, 5.41) is 3.11. The van der Waals surface area contributed by atoms with E-state index in [2.05, 4.69) is 20.0 Å². The fraction of sp³-hybridized carbons (Fsp3) is 0.444. The highest BCUT2D eigenvalue weighted by atomic mass is 32.2. The Kier molecular flexibility index (Phi) is 6.20. The fourth-order valence-electron chi connectivity index (χ4n) is 2.64. The van der Waals surface area contributed by atoms with E-state index < -0.39 is 10.0 Å². The first-order chi connectivity index (χ1) is 13.3. The average molecular weight is 407 g/mol. The highest BCUT2D eigenvalue weighted by Crippen LogP contribution is 2.31. The second-order valence-electron chi connectivity index (χ2n) is 6.54. The molecular weight excluding hydrogens is 382 g/mol. The molecule has 28 heavy (non-hydrogen) atoms. The van der Waals surface area contributed by atoms with Crippen LogP contribution < -0.4 is 24.4 Å². The number of hydrogen-bond acceptors (Lipinski definition) is 8. The van der Waals surface area contributed by atoms with Crippen molar-refractivity contribution < 1.29 is 17.9 Å². The lowest BCUT2D eigenvalue weighted by Gasteiger charge is -2.14. The van der Waals surface area contributed by atoms with Gasteiger partial charge in [0.1, 0.15) is 17.5 Å². The molecule has 9 nitrogen and oxygen atoms in total. The zero-order chi connectivity index (χ0) is 20.1. The van der Waals surface area contributed by atoms with Crippen LogP contribution in [0.15, 0.2) is 29.2 Å². The molecule has 2 heterocycles. The number of ether oxygens (including phenoxy) is 2. The second-order valence-corrected chi connectivity index (χ2v) is 8.30. The Labute approximate surface area is 165 Å². The molecule has 0 radical (unpaired) electrons. The molecule has 1 aromatic carbocycles. The van der Waals surface area contributed by atoms with E-state index in [0.29, 0.717) is 42.9 Å². The second kappa shape index (κ2) is 8.61. The van der Waals surface area contributed by atoms with E-state index in [0.717, 1.165) is 12.2 Å². The van der Waals surface area contributed by atoms with E-state index in [1.54, 1.807) is 6.07 Å². The number of benzene rings is 1. The fourth-order valence-corrected chi connectivity index (χ4v) is 3.69. The standard InChI is InChI=1S/C18H25N5O4S/c1-13-21-17(12-18(22-13)23(2)3)19-7-8-20-28(24,25)14-5-6-15-16(11-14)27-10-4-9-26-15/h5-6,11-12,20H,4,7-10H2,1-3H3,(H,19,21,22). The molecule has 0 atom stereocenters. The minimum absolute atomic E-state index is 0.143. The smallest absolute Gasteiger partial charge is 0.240 e. The lowest BCUT2D eigenvalue weighted by Crippen LogP contribution is -2.29. The van der Waals surface area contributed by atoms with Gasteiger partial charge in [-0.1, -0.05) is 0 Å². The van der Waals surface area contributed by atoms with Crippen LogP contribution in [0.3, 0.4) is 0 Å². The Hall–Kier alpha value is -2.59. The van der Waals surface area contributed by atoms with Gasteiger partial charge in [-0.15, -0.1) is 0 Å². The number of aryl methyl sites for hydroxylation is 1. The van der Waals surface area contributed by atoms with Gasteiger partial charge in [-0.25, -0.2) is 23.1 Å². The van der Waals surface area contributed by atoms with Crippen molar-refractivity contribution in [2.75, 3.05) is 50.6 Å². The van der Waals surface area contributed by atoms with Gasteiger partial charge in [-0.05, 0) is 19.1 Å². The van der Waals surface area contributed by atoms with E-state index >= 15 is 0 Å². The van der Waals surface area contributed by atoms with Gasteiger partial charge in [0.2, 0.25) is 10.0 Å². The van der Waals surface area contributed by atoms with Gasteiger partial charge in [0, 0.05) is 45.7 Å². The van der Waals surface area contributed by atoms with Crippen LogP contribution in [0.2, 0.25) is 0 Å². The molecule has 1 aliphatic heterocycles. The van der Waals surface area contributed by atoms with Crippen LogP contribution in [0.4, 0.5) is 11.6 Å². The Balaban J connectivity index is 1.59. The number of hydrogen-bond donors (Lipinski definition) is 2. The highest BCUT2D eigenvalue weighted by molar-refractivity contribution is 7.89. The van der Waals surface area contributed by atoms with E-state index in [-0.39, 0.29) is 11.4 Å². The van der Waals surface area contributed by atoms with Gasteiger partial charge in [-0.3, -0.25) is 0 Å². The molecule has 2 aromatic rings. The summed E-state index contributed by atoms with van der Waals surface area (Å²) in [5.41, 5.74) is 0. The SMILES string of the molecule is Cc1nc(NCCNS(=O)(=O)c2ccc3c(c2)OCCCO3)cc(N(C)C)n1. The van der Waals surface area contributed by atoms with E-state index in [1.165, 1.54) is 12.1 Å². The van der Waals surface area contributed by atoms with Crippen molar-refractivity contribution in [2.45, 2.75) is 18.2 Å². The Morgan fingerprint density at radius 2 is 1.82 bits per heavy atom. The summed E-state index contributed by atoms with van der Waals surface area (Å²) in [4.78, 5) is 10.7. The summed E-state index contributed by atoms with van der Waals surface area (Å²) in [6, 6.07) is 6.44. The van der Waals surface area contributed by atoms with Crippen molar-refractivity contribution >= 4 is 21.7 Å². The third kappa shape index (κ3) is 5.02. The zero-order valence-corrected chi connectivity index (χ0v) is 17.0. The van der Waals surface area contributed by atoms with Crippen LogP contribution in [0.1, 0.15) is 12.2 Å². The molecule has 0 unspecified atom stereocenters. The molecule has 3 rings (SSSR count). The molecule has 0 aliphatic carbocycles. The lowest BCUT2D eigenvalue weighted by atomic mass is 10.3. The molecule has 152 valence electrons. The molecule has 1 aromatic heterocycles. The number of nitrogens with one attached hydrogen (secondary N) is 2. The third-order valence-corrected chi connectivity index (χ3v) is 5.49. The Bertz CT molecular complexity index is 934. The molecular formula is C18H25N5O4S. The van der Waals surface area contributed by atoms with Gasteiger partial charge in [-0.2, -0.15) is 0 Å². The maximum Gasteiger partial charge on any atom is 0.240 e. The number of rotatable bonds is 7. The van der Waals surface area contributed by atoms with Crippen LogP contribution in [0, 0.1) is 6.92 Å². The summed E-state index contributed by atoms with van der Waals surface area (Å²) in [6.07, 6.45) is 0.763. The number of aromatic nitrogens is 2. The minimum Gasteiger partial charge on any atom is -0.490 e. The first-order valence-corrected chi connectivity index (χ1v) is 10.5. The number of sulfonamides is 1. The van der Waals surface area contributed by atoms with Gasteiger partial charge in [0.05, 0.1) is 18.1 Å². The molecule has 0 saturated carbocycles. The van der Waals surface area contributed by atoms with Crippen LogP contribution in [0.5, 0.6) is 11.5 Å². The van der Waals surface area contributed by atoms with Crippen LogP contribution in [-0.4, -0.2) is 58.8 Å². The lowest BCUT2D eigenvalue weighted by molar-refractivity contribution is 0.297. The minimum atomic E-state index is -3.66. The van der Waals surface area contributed by atoms with Crippen molar-refractivity contribution in [2.24, 2.45) is 0 Å². The quantitative estimate of drug-likeness (QED) is 0.664. The van der Waals surface area contributed by atoms with E-state index in [4.69, 9.17) is 9.47 Å². The van der Waals surface area contributed by atoms with Crippen molar-refractivity contribution in [1.82, 2.24) is 14.7 Å². The molecule has 0 saturated heterocycles. The van der Waals surface area contributed by atoms with Gasteiger partial charge >= 0.3 is 0 Å². The monoisotopic (exact) mass is 407 g/mol. The normalized spacial score (nSPS) is 13.7. The maximum absolute atomic E-state index is 12.5. The predicted molar refractivity (Wildman–Crippen MR) is 107 cm³/mol. The predicted octanol–water partition coefficient (Wildman–Crippen LogP) is 1.40. The molecule has 1 aliphatic rings. The van der Waals surface area contributed by atoms with E-state index in [1.807, 2.05) is 32.0 Å². The number of nitrogens with zero attached hydrogens (tertiary/aromatic N) is 3. The molecule has 10 heteroatoms. The van der Waals surface area contributed by atoms with E-state index in [9.17, 15) is 8.42 Å². The largest absolute Gasteiger partial charge is 0.490 e. The van der Waals surface area contributed by atoms with Crippen molar-refractivity contribution in [3.63, 3.8) is 0 Å². The molecule has 0 amide bonds. The van der Waals surface area contributed by atoms with Gasteiger partial charge < -0.3 is 19.7 Å². The average Bonchev–Trinajstić information content (AvgIpc) is 2.89. The zero-order valence-electron chi connectivity index (χ0n) is 16.2. The van der Waals surface area contributed by atoms with Crippen LogP contribution in [0.25, 0.3) is 0 Å². The highest BCUT2D eigenvalue weighted by Gasteiger charge is 2.18. The molecule has 0 spiro atoms. The summed E-state index contributed by atoms with van der Waals surface area (Å²) >= 11 is 0. The first kappa shape index (κ1) is 20.2. The summed E-state index contributed by atoms with van der Waals surface area (Å²) in [5.74, 6) is 3.08. The van der Waals surface area contributed by atoms with Gasteiger partial charge in [0.25, 0.3) is 0 Å². The Morgan fingerprint density at radius 1 is 1.07 bits per heavy atom. The summed E-state index contributed by atoms with van der Waals surface area (Å²) < 4.78 is 38.8. The maximum atomic E-state index is 12.5. The van der Waals surface area contributed by atoms with Crippen LogP contribution in [-0.2, 0) is 10.0 Å². The molecule has 2 N–H and O–H groups in total.